The van der Waals surface area contributed by atoms with E-state index in [2.05, 4.69) is 0 Å². The number of nitrogens with two attached hydrogens (primary N) is 1. The van der Waals surface area contributed by atoms with E-state index in [9.17, 15) is 20.0 Å². The molecular formula is C18H18N2O6. The number of carboxylic acids is 1. The maximum absolute atomic E-state index is 12.5. The molecule has 1 aromatic carbocycles. The van der Waals surface area contributed by atoms with Crippen molar-refractivity contribution in [2.24, 2.45) is 5.73 Å². The molecule has 1 atom stereocenters. The third-order valence-electron chi connectivity index (χ3n) is 3.89. The molecule has 2 rings (SSSR count). The van der Waals surface area contributed by atoms with Gasteiger partial charge in [0.2, 0.25) is 5.88 Å². The first-order valence-electron chi connectivity index (χ1n) is 7.72. The number of carbonyl (C=O) groups excluding carboxylic acids is 1. The van der Waals surface area contributed by atoms with Crippen LogP contribution in [0.3, 0.4) is 0 Å². The van der Waals surface area contributed by atoms with Crippen LogP contribution in [0.2, 0.25) is 0 Å². The Kier molecular flexibility index (Phi) is 5.52. The van der Waals surface area contributed by atoms with E-state index >= 15 is 0 Å². The Hall–Kier alpha value is -3.47. The number of allylic oxidation sites excluding steroid dienone is 2. The van der Waals surface area contributed by atoms with Crippen LogP contribution in [0.4, 0.5) is 0 Å². The minimum absolute atomic E-state index is 0.0241. The summed E-state index contributed by atoms with van der Waals surface area (Å²) < 4.78 is 15.7. The molecule has 3 N–H and O–H groups in total. The average Bonchev–Trinajstić information content (AvgIpc) is 2.60. The molecule has 0 aromatic heterocycles. The van der Waals surface area contributed by atoms with Crippen molar-refractivity contribution in [1.82, 2.24) is 0 Å². The maximum atomic E-state index is 12.5. The van der Waals surface area contributed by atoms with Gasteiger partial charge in [0, 0.05) is 5.56 Å². The van der Waals surface area contributed by atoms with Crippen LogP contribution in [0.15, 0.2) is 41.0 Å². The van der Waals surface area contributed by atoms with Gasteiger partial charge in [-0.2, -0.15) is 5.26 Å². The van der Waals surface area contributed by atoms with Gasteiger partial charge in [-0.3, -0.25) is 0 Å². The van der Waals surface area contributed by atoms with Gasteiger partial charge in [0.1, 0.15) is 23.2 Å². The quantitative estimate of drug-likeness (QED) is 0.764. The lowest BCUT2D eigenvalue weighted by Crippen LogP contribution is -2.26. The number of aromatic carboxylic acids is 1. The Morgan fingerprint density at radius 3 is 2.65 bits per heavy atom. The van der Waals surface area contributed by atoms with Crippen molar-refractivity contribution in [3.63, 3.8) is 0 Å². The molecule has 0 aliphatic carbocycles. The SMILES string of the molecule is CCOC(=O)C1=C(C)OC(N)=C(C#N)C1c1cc(C(=O)O)ccc1OC. The van der Waals surface area contributed by atoms with Gasteiger partial charge in [0.05, 0.1) is 30.8 Å². The molecule has 1 aliphatic rings. The Labute approximate surface area is 150 Å². The minimum atomic E-state index is -1.16. The van der Waals surface area contributed by atoms with Crippen LogP contribution in [-0.4, -0.2) is 30.8 Å². The van der Waals surface area contributed by atoms with E-state index in [1.165, 1.54) is 32.2 Å². The molecule has 8 nitrogen and oxygen atoms in total. The number of nitrogens with zero attached hydrogens (tertiary/aromatic N) is 1. The van der Waals surface area contributed by atoms with Crippen LogP contribution in [0.5, 0.6) is 5.75 Å². The molecule has 26 heavy (non-hydrogen) atoms. The highest BCUT2D eigenvalue weighted by atomic mass is 16.5. The van der Waals surface area contributed by atoms with Gasteiger partial charge in [-0.1, -0.05) is 0 Å². The Morgan fingerprint density at radius 2 is 2.12 bits per heavy atom. The summed E-state index contributed by atoms with van der Waals surface area (Å²) in [5, 5.41) is 18.8. The molecule has 0 amide bonds. The van der Waals surface area contributed by atoms with Crippen LogP contribution in [0.25, 0.3) is 0 Å². The van der Waals surface area contributed by atoms with Gasteiger partial charge in [0.25, 0.3) is 0 Å². The van der Waals surface area contributed by atoms with Crippen molar-refractivity contribution in [3.8, 4) is 11.8 Å². The lowest BCUT2D eigenvalue weighted by atomic mass is 9.82. The molecule has 8 heteroatoms. The van der Waals surface area contributed by atoms with Gasteiger partial charge in [-0.25, -0.2) is 9.59 Å². The highest BCUT2D eigenvalue weighted by molar-refractivity contribution is 5.93. The van der Waals surface area contributed by atoms with E-state index in [-0.39, 0.29) is 35.0 Å². The van der Waals surface area contributed by atoms with Crippen LogP contribution in [0.1, 0.15) is 35.7 Å². The van der Waals surface area contributed by atoms with Crippen LogP contribution < -0.4 is 10.5 Å². The molecule has 136 valence electrons. The summed E-state index contributed by atoms with van der Waals surface area (Å²) in [6.45, 7) is 3.29. The van der Waals surface area contributed by atoms with Gasteiger partial charge < -0.3 is 25.1 Å². The zero-order chi connectivity index (χ0) is 19.4. The minimum Gasteiger partial charge on any atom is -0.496 e. The number of ether oxygens (including phenoxy) is 3. The Morgan fingerprint density at radius 1 is 1.42 bits per heavy atom. The zero-order valence-electron chi connectivity index (χ0n) is 14.5. The summed E-state index contributed by atoms with van der Waals surface area (Å²) in [5.41, 5.74) is 6.14. The first kappa shape index (κ1) is 18.9. The van der Waals surface area contributed by atoms with Crippen LogP contribution >= 0.6 is 0 Å². The molecule has 0 radical (unpaired) electrons. The first-order chi connectivity index (χ1) is 12.3. The standard InChI is InChI=1S/C18H18N2O6/c1-4-25-18(23)14-9(2)26-16(20)12(8-19)15(14)11-7-10(17(21)22)5-6-13(11)24-3/h5-7,15H,4,20H2,1-3H3,(H,21,22). The van der Waals surface area contributed by atoms with Crippen LogP contribution in [0, 0.1) is 11.3 Å². The first-order valence-corrected chi connectivity index (χ1v) is 7.72. The summed E-state index contributed by atoms with van der Waals surface area (Å²) in [6.07, 6.45) is 0. The summed E-state index contributed by atoms with van der Waals surface area (Å²) >= 11 is 0. The van der Waals surface area contributed by atoms with Gasteiger partial charge >= 0.3 is 11.9 Å². The Bertz CT molecular complexity index is 863. The topological polar surface area (TPSA) is 132 Å². The summed E-state index contributed by atoms with van der Waals surface area (Å²) in [5.74, 6) is -2.49. The average molecular weight is 358 g/mol. The second-order valence-corrected chi connectivity index (χ2v) is 5.38. The van der Waals surface area contributed by atoms with E-state index in [0.717, 1.165) is 0 Å². The molecule has 1 unspecified atom stereocenters. The monoisotopic (exact) mass is 358 g/mol. The third kappa shape index (κ3) is 3.32. The van der Waals surface area contributed by atoms with Gasteiger partial charge in [0.15, 0.2) is 0 Å². The van der Waals surface area contributed by atoms with Crippen molar-refractivity contribution in [2.45, 2.75) is 19.8 Å². The fraction of sp³-hybridized carbons (Fsp3) is 0.278. The number of nitriles is 1. The molecule has 0 bridgehead atoms. The van der Waals surface area contributed by atoms with E-state index in [1.54, 1.807) is 6.92 Å². The lowest BCUT2D eigenvalue weighted by Gasteiger charge is -2.28. The third-order valence-corrected chi connectivity index (χ3v) is 3.89. The molecule has 1 aromatic rings. The number of carbonyl (C=O) groups is 2. The molecule has 1 aliphatic heterocycles. The maximum Gasteiger partial charge on any atom is 0.338 e. The molecule has 1 heterocycles. The molecular weight excluding hydrogens is 340 g/mol. The fourth-order valence-electron chi connectivity index (χ4n) is 2.76. The van der Waals surface area contributed by atoms with Crippen molar-refractivity contribution >= 4 is 11.9 Å². The van der Waals surface area contributed by atoms with E-state index in [4.69, 9.17) is 19.9 Å². The van der Waals surface area contributed by atoms with Crippen LogP contribution in [-0.2, 0) is 14.3 Å². The number of hydrogen-bond acceptors (Lipinski definition) is 7. The number of rotatable bonds is 5. The molecule has 0 fully saturated rings. The van der Waals surface area contributed by atoms with Crippen molar-refractivity contribution in [2.75, 3.05) is 13.7 Å². The second-order valence-electron chi connectivity index (χ2n) is 5.38. The number of benzene rings is 1. The molecule has 0 spiro atoms. The van der Waals surface area contributed by atoms with Crippen molar-refractivity contribution in [1.29, 1.82) is 5.26 Å². The van der Waals surface area contributed by atoms with E-state index in [1.807, 2.05) is 6.07 Å². The van der Waals surface area contributed by atoms with Crippen molar-refractivity contribution in [3.05, 3.63) is 52.1 Å². The predicted octanol–water partition coefficient (Wildman–Crippen LogP) is 2.04. The van der Waals surface area contributed by atoms with Gasteiger partial charge in [-0.05, 0) is 32.0 Å². The summed E-state index contributed by atoms with van der Waals surface area (Å²) in [6, 6.07) is 6.10. The number of esters is 1. The normalized spacial score (nSPS) is 16.6. The largest absolute Gasteiger partial charge is 0.496 e. The summed E-state index contributed by atoms with van der Waals surface area (Å²) in [4.78, 5) is 23.9. The number of hydrogen-bond donors (Lipinski definition) is 2. The van der Waals surface area contributed by atoms with Gasteiger partial charge in [-0.15, -0.1) is 0 Å². The predicted molar refractivity (Wildman–Crippen MR) is 89.9 cm³/mol. The number of carboxylic acid groups (broad SMARTS) is 1. The highest BCUT2D eigenvalue weighted by Crippen LogP contribution is 2.43. The molecule has 0 saturated carbocycles. The van der Waals surface area contributed by atoms with Crippen molar-refractivity contribution < 1.29 is 28.9 Å². The summed E-state index contributed by atoms with van der Waals surface area (Å²) in [7, 11) is 1.40. The molecule has 0 saturated heterocycles. The highest BCUT2D eigenvalue weighted by Gasteiger charge is 2.38. The fourth-order valence-corrected chi connectivity index (χ4v) is 2.76. The second kappa shape index (κ2) is 7.61. The van der Waals surface area contributed by atoms with E-state index in [0.29, 0.717) is 11.3 Å². The van der Waals surface area contributed by atoms with E-state index < -0.39 is 17.9 Å². The number of methoxy groups -OCH3 is 1. The Balaban J connectivity index is 2.77. The lowest BCUT2D eigenvalue weighted by molar-refractivity contribution is -0.139. The zero-order valence-corrected chi connectivity index (χ0v) is 14.5. The smallest absolute Gasteiger partial charge is 0.338 e.